The van der Waals surface area contributed by atoms with Crippen molar-refractivity contribution in [3.8, 4) is 28.6 Å². The third kappa shape index (κ3) is 4.67. The van der Waals surface area contributed by atoms with Gasteiger partial charge in [0.1, 0.15) is 5.75 Å². The maximum absolute atomic E-state index is 12.1. The van der Waals surface area contributed by atoms with Crippen molar-refractivity contribution in [1.29, 1.82) is 0 Å². The molecule has 0 atom stereocenters. The molecule has 7 heteroatoms. The van der Waals surface area contributed by atoms with Crippen molar-refractivity contribution in [2.24, 2.45) is 0 Å². The molecule has 150 valence electrons. The molecule has 0 spiro atoms. The summed E-state index contributed by atoms with van der Waals surface area (Å²) in [5, 5.41) is 7.47. The Hall–Kier alpha value is -3.64. The quantitative estimate of drug-likeness (QED) is 0.453. The zero-order valence-corrected chi connectivity index (χ0v) is 16.9. The predicted octanol–water partition coefficient (Wildman–Crippen LogP) is 5.38. The van der Waals surface area contributed by atoms with Crippen LogP contribution in [0.15, 0.2) is 77.3 Å². The van der Waals surface area contributed by atoms with E-state index in [0.717, 1.165) is 16.7 Å². The highest BCUT2D eigenvalue weighted by atomic mass is 35.5. The van der Waals surface area contributed by atoms with Crippen LogP contribution in [0.1, 0.15) is 5.56 Å². The fraction of sp³-hybridized carbons (Fsp3) is 0.0870. The number of rotatable bonds is 6. The third-order valence-corrected chi connectivity index (χ3v) is 4.80. The molecule has 1 N–H and O–H groups in total. The van der Waals surface area contributed by atoms with Gasteiger partial charge in [0.2, 0.25) is 5.82 Å². The summed E-state index contributed by atoms with van der Waals surface area (Å²) < 4.78 is 10.9. The first-order valence-corrected chi connectivity index (χ1v) is 9.65. The molecule has 1 heterocycles. The molecule has 30 heavy (non-hydrogen) atoms. The van der Waals surface area contributed by atoms with Gasteiger partial charge in [0.25, 0.3) is 11.8 Å². The number of amides is 1. The second kappa shape index (κ2) is 8.80. The van der Waals surface area contributed by atoms with Gasteiger partial charge < -0.3 is 14.6 Å². The average molecular weight is 420 g/mol. The number of nitrogens with zero attached hydrogens (tertiary/aromatic N) is 2. The van der Waals surface area contributed by atoms with E-state index in [4.69, 9.17) is 20.9 Å². The van der Waals surface area contributed by atoms with E-state index in [1.165, 1.54) is 0 Å². The van der Waals surface area contributed by atoms with Crippen molar-refractivity contribution < 1.29 is 14.1 Å². The maximum Gasteiger partial charge on any atom is 0.262 e. The molecular formula is C23H18ClN3O3. The van der Waals surface area contributed by atoms with Crippen LogP contribution >= 0.6 is 11.6 Å². The first-order chi connectivity index (χ1) is 14.6. The summed E-state index contributed by atoms with van der Waals surface area (Å²) in [6.07, 6.45) is 0. The lowest BCUT2D eigenvalue weighted by molar-refractivity contribution is -0.118. The van der Waals surface area contributed by atoms with Gasteiger partial charge in [0.05, 0.1) is 0 Å². The normalized spacial score (nSPS) is 10.6. The number of hydrogen-bond acceptors (Lipinski definition) is 5. The third-order valence-electron chi connectivity index (χ3n) is 4.37. The van der Waals surface area contributed by atoms with Gasteiger partial charge in [0.15, 0.2) is 6.61 Å². The summed E-state index contributed by atoms with van der Waals surface area (Å²) in [6, 6.07) is 22.0. The first kappa shape index (κ1) is 19.7. The largest absolute Gasteiger partial charge is 0.484 e. The van der Waals surface area contributed by atoms with Crippen LogP contribution in [0.2, 0.25) is 5.02 Å². The zero-order chi connectivity index (χ0) is 20.9. The van der Waals surface area contributed by atoms with Gasteiger partial charge in [-0.15, -0.1) is 0 Å². The van der Waals surface area contributed by atoms with Crippen LogP contribution in [-0.2, 0) is 4.79 Å². The smallest absolute Gasteiger partial charge is 0.262 e. The summed E-state index contributed by atoms with van der Waals surface area (Å²) in [6.45, 7) is 1.77. The van der Waals surface area contributed by atoms with Crippen molar-refractivity contribution in [3.63, 3.8) is 0 Å². The molecule has 4 aromatic rings. The Bertz CT molecular complexity index is 1160. The number of anilines is 1. The van der Waals surface area contributed by atoms with Crippen molar-refractivity contribution in [3.05, 3.63) is 83.4 Å². The zero-order valence-electron chi connectivity index (χ0n) is 16.1. The second-order valence-corrected chi connectivity index (χ2v) is 7.02. The SMILES string of the molecule is Cc1cc(OCC(=O)Nc2ccc(-c3nc(-c4ccccc4)no3)cc2)ccc1Cl. The molecule has 6 nitrogen and oxygen atoms in total. The van der Waals surface area contributed by atoms with E-state index in [9.17, 15) is 4.79 Å². The molecule has 1 aromatic heterocycles. The Morgan fingerprint density at radius 2 is 1.80 bits per heavy atom. The van der Waals surface area contributed by atoms with Crippen LogP contribution in [0, 0.1) is 6.92 Å². The van der Waals surface area contributed by atoms with Crippen molar-refractivity contribution in [2.45, 2.75) is 6.92 Å². The molecule has 3 aromatic carbocycles. The van der Waals surface area contributed by atoms with Crippen LogP contribution in [0.25, 0.3) is 22.8 Å². The fourth-order valence-corrected chi connectivity index (χ4v) is 2.91. The topological polar surface area (TPSA) is 77.2 Å². The number of nitrogens with one attached hydrogen (secondary N) is 1. The fourth-order valence-electron chi connectivity index (χ4n) is 2.79. The molecule has 0 saturated heterocycles. The first-order valence-electron chi connectivity index (χ1n) is 9.27. The number of ether oxygens (including phenoxy) is 1. The van der Waals surface area contributed by atoms with Gasteiger partial charge in [-0.05, 0) is 55.0 Å². The van der Waals surface area contributed by atoms with Crippen LogP contribution in [0.4, 0.5) is 5.69 Å². The molecule has 0 fully saturated rings. The molecule has 0 bridgehead atoms. The van der Waals surface area contributed by atoms with Gasteiger partial charge in [0, 0.05) is 21.8 Å². The Labute approximate surface area is 178 Å². The number of hydrogen-bond donors (Lipinski definition) is 1. The van der Waals surface area contributed by atoms with Crippen LogP contribution < -0.4 is 10.1 Å². The number of aromatic nitrogens is 2. The van der Waals surface area contributed by atoms with Crippen molar-refractivity contribution in [2.75, 3.05) is 11.9 Å². The molecule has 0 aliphatic heterocycles. The molecular weight excluding hydrogens is 402 g/mol. The second-order valence-electron chi connectivity index (χ2n) is 6.61. The van der Waals surface area contributed by atoms with Crippen LogP contribution in [0.3, 0.4) is 0 Å². The van der Waals surface area contributed by atoms with Crippen molar-refractivity contribution in [1.82, 2.24) is 10.1 Å². The standard InChI is InChI=1S/C23H18ClN3O3/c1-15-13-19(11-12-20(15)24)29-14-21(28)25-18-9-7-17(8-10-18)23-26-22(27-30-23)16-5-3-2-4-6-16/h2-13H,14H2,1H3,(H,25,28). The Morgan fingerprint density at radius 1 is 1.03 bits per heavy atom. The highest BCUT2D eigenvalue weighted by Crippen LogP contribution is 2.24. The van der Waals surface area contributed by atoms with Crippen molar-refractivity contribution >= 4 is 23.2 Å². The Kier molecular flexibility index (Phi) is 5.77. The van der Waals surface area contributed by atoms with E-state index < -0.39 is 0 Å². The monoisotopic (exact) mass is 419 g/mol. The summed E-state index contributed by atoms with van der Waals surface area (Å²) in [5.41, 5.74) is 3.17. The minimum Gasteiger partial charge on any atom is -0.484 e. The predicted molar refractivity (Wildman–Crippen MR) is 115 cm³/mol. The van der Waals surface area contributed by atoms with E-state index in [1.807, 2.05) is 37.3 Å². The summed E-state index contributed by atoms with van der Waals surface area (Å²) in [4.78, 5) is 16.6. The van der Waals surface area contributed by atoms with E-state index in [0.29, 0.717) is 28.2 Å². The molecule has 0 saturated carbocycles. The van der Waals surface area contributed by atoms with Crippen LogP contribution in [0.5, 0.6) is 5.75 Å². The molecule has 0 unspecified atom stereocenters. The van der Waals surface area contributed by atoms with E-state index >= 15 is 0 Å². The maximum atomic E-state index is 12.1. The van der Waals surface area contributed by atoms with Gasteiger partial charge in [-0.3, -0.25) is 4.79 Å². The lowest BCUT2D eigenvalue weighted by atomic mass is 10.2. The summed E-state index contributed by atoms with van der Waals surface area (Å²) >= 11 is 5.99. The van der Waals surface area contributed by atoms with E-state index in [2.05, 4.69) is 15.5 Å². The highest BCUT2D eigenvalue weighted by Gasteiger charge is 2.11. The Balaban J connectivity index is 1.36. The lowest BCUT2D eigenvalue weighted by Gasteiger charge is -2.09. The average Bonchev–Trinajstić information content (AvgIpc) is 3.26. The molecule has 0 radical (unpaired) electrons. The lowest BCUT2D eigenvalue weighted by Crippen LogP contribution is -2.20. The minimum atomic E-state index is -0.264. The van der Waals surface area contributed by atoms with Gasteiger partial charge in [-0.25, -0.2) is 0 Å². The van der Waals surface area contributed by atoms with Gasteiger partial charge in [-0.1, -0.05) is 47.1 Å². The molecule has 0 aliphatic carbocycles. The van der Waals surface area contributed by atoms with Gasteiger partial charge >= 0.3 is 0 Å². The highest BCUT2D eigenvalue weighted by molar-refractivity contribution is 6.31. The molecule has 1 amide bonds. The molecule has 4 rings (SSSR count). The summed E-state index contributed by atoms with van der Waals surface area (Å²) in [7, 11) is 0. The van der Waals surface area contributed by atoms with E-state index in [-0.39, 0.29) is 12.5 Å². The van der Waals surface area contributed by atoms with E-state index in [1.54, 1.807) is 42.5 Å². The minimum absolute atomic E-state index is 0.104. The van der Waals surface area contributed by atoms with Crippen LogP contribution in [-0.4, -0.2) is 22.7 Å². The number of carbonyl (C=O) groups is 1. The Morgan fingerprint density at radius 3 is 2.53 bits per heavy atom. The molecule has 0 aliphatic rings. The summed E-state index contributed by atoms with van der Waals surface area (Å²) in [5.74, 6) is 1.26. The number of aryl methyl sites for hydroxylation is 1. The number of benzene rings is 3. The van der Waals surface area contributed by atoms with Gasteiger partial charge in [-0.2, -0.15) is 4.98 Å². The number of carbonyl (C=O) groups excluding carboxylic acids is 1. The number of halogens is 1.